The number of carbonyl (C=O) groups is 1. The summed E-state index contributed by atoms with van der Waals surface area (Å²) in [7, 11) is 0. The molecule has 0 unspecified atom stereocenters. The van der Waals surface area contributed by atoms with Crippen LogP contribution in [0.1, 0.15) is 0 Å². The third-order valence-corrected chi connectivity index (χ3v) is 3.09. The van der Waals surface area contributed by atoms with Crippen molar-refractivity contribution in [2.45, 2.75) is 18.0 Å². The zero-order valence-electron chi connectivity index (χ0n) is 10.6. The summed E-state index contributed by atoms with van der Waals surface area (Å²) in [6.45, 7) is -0.863. The molecule has 1 rings (SSSR count). The van der Waals surface area contributed by atoms with Gasteiger partial charge in [0.1, 0.15) is 0 Å². The minimum Gasteiger partial charge on any atom is -0.395 e. The molecule has 0 aromatic heterocycles. The number of hydrogen-bond donors (Lipinski definition) is 1. The van der Waals surface area contributed by atoms with E-state index in [-0.39, 0.29) is 31.1 Å². The quantitative estimate of drug-likeness (QED) is 0.783. The summed E-state index contributed by atoms with van der Waals surface area (Å²) in [4.78, 5) is 13.1. The Morgan fingerprint density at radius 2 is 1.43 bits per heavy atom. The lowest BCUT2D eigenvalue weighted by atomic mass is 10.1. The zero-order chi connectivity index (χ0) is 16.5. The molecule has 1 amide bonds. The van der Waals surface area contributed by atoms with E-state index in [9.17, 15) is 35.5 Å². The van der Waals surface area contributed by atoms with E-state index in [4.69, 9.17) is 5.11 Å². The molecule has 0 aliphatic carbocycles. The zero-order valence-corrected chi connectivity index (χ0v) is 10.6. The number of amides is 1. The second kappa shape index (κ2) is 5.95. The Bertz CT molecular complexity index is 378. The van der Waals surface area contributed by atoms with Crippen LogP contribution in [0.2, 0.25) is 0 Å². The molecule has 1 aliphatic heterocycles. The van der Waals surface area contributed by atoms with Crippen LogP contribution in [0.3, 0.4) is 0 Å². The van der Waals surface area contributed by atoms with E-state index < -0.39 is 37.0 Å². The van der Waals surface area contributed by atoms with Crippen molar-refractivity contribution < 1.29 is 40.6 Å². The number of halogens is 7. The standard InChI is InChI=1S/C10H13F7N2O2/c11-8(12,9(13,14)10(15,16)17)7(21)19-3-1-18(2-4-19)5-6-20/h20H,1-6H2. The molecule has 0 aromatic carbocycles. The van der Waals surface area contributed by atoms with Crippen molar-refractivity contribution in [1.29, 1.82) is 0 Å². The third-order valence-electron chi connectivity index (χ3n) is 3.09. The Morgan fingerprint density at radius 1 is 0.952 bits per heavy atom. The van der Waals surface area contributed by atoms with Gasteiger partial charge in [0.15, 0.2) is 0 Å². The normalized spacial score (nSPS) is 19.0. The first-order valence-electron chi connectivity index (χ1n) is 5.90. The highest BCUT2D eigenvalue weighted by Gasteiger charge is 2.76. The molecule has 1 saturated heterocycles. The molecule has 1 aliphatic rings. The molecule has 1 heterocycles. The van der Waals surface area contributed by atoms with Gasteiger partial charge < -0.3 is 10.0 Å². The van der Waals surface area contributed by atoms with Crippen LogP contribution in [-0.4, -0.2) is 78.2 Å². The van der Waals surface area contributed by atoms with Crippen LogP contribution >= 0.6 is 0 Å². The maximum atomic E-state index is 13.2. The molecule has 0 saturated carbocycles. The summed E-state index contributed by atoms with van der Waals surface area (Å²) in [6.07, 6.45) is -6.52. The van der Waals surface area contributed by atoms with E-state index in [0.717, 1.165) is 0 Å². The van der Waals surface area contributed by atoms with E-state index in [1.165, 1.54) is 0 Å². The Labute approximate surface area is 115 Å². The second-order valence-corrected chi connectivity index (χ2v) is 4.50. The summed E-state index contributed by atoms with van der Waals surface area (Å²) in [5.41, 5.74) is 0. The Balaban J connectivity index is 2.79. The number of aliphatic hydroxyl groups is 1. The first-order chi connectivity index (χ1) is 9.45. The van der Waals surface area contributed by atoms with Gasteiger partial charge in [-0.1, -0.05) is 0 Å². The predicted molar refractivity (Wildman–Crippen MR) is 56.1 cm³/mol. The first-order valence-corrected chi connectivity index (χ1v) is 5.90. The first kappa shape index (κ1) is 18.0. The van der Waals surface area contributed by atoms with Crippen molar-refractivity contribution in [3.05, 3.63) is 0 Å². The van der Waals surface area contributed by atoms with Crippen molar-refractivity contribution >= 4 is 5.91 Å². The molecule has 0 aromatic rings. The van der Waals surface area contributed by atoms with Crippen LogP contribution in [-0.2, 0) is 4.79 Å². The van der Waals surface area contributed by atoms with Gasteiger partial charge in [0, 0.05) is 32.7 Å². The summed E-state index contributed by atoms with van der Waals surface area (Å²) < 4.78 is 87.8. The highest BCUT2D eigenvalue weighted by atomic mass is 19.4. The molecule has 11 heteroatoms. The summed E-state index contributed by atoms with van der Waals surface area (Å²) in [5, 5.41) is 8.65. The molecule has 1 N–H and O–H groups in total. The smallest absolute Gasteiger partial charge is 0.395 e. The van der Waals surface area contributed by atoms with Crippen LogP contribution in [0.4, 0.5) is 30.7 Å². The number of carbonyl (C=O) groups excluding carboxylic acids is 1. The van der Waals surface area contributed by atoms with Gasteiger partial charge in [-0.25, -0.2) is 0 Å². The molecule has 124 valence electrons. The van der Waals surface area contributed by atoms with E-state index in [2.05, 4.69) is 0 Å². The maximum absolute atomic E-state index is 13.2. The number of alkyl halides is 7. The van der Waals surface area contributed by atoms with Gasteiger partial charge in [0.2, 0.25) is 0 Å². The topological polar surface area (TPSA) is 43.8 Å². The van der Waals surface area contributed by atoms with E-state index >= 15 is 0 Å². The number of aliphatic hydroxyl groups excluding tert-OH is 1. The van der Waals surface area contributed by atoms with Crippen molar-refractivity contribution in [2.75, 3.05) is 39.3 Å². The van der Waals surface area contributed by atoms with Crippen molar-refractivity contribution in [2.24, 2.45) is 0 Å². The van der Waals surface area contributed by atoms with E-state index in [1.807, 2.05) is 0 Å². The van der Waals surface area contributed by atoms with Gasteiger partial charge in [-0.2, -0.15) is 30.7 Å². The number of hydrogen-bond acceptors (Lipinski definition) is 3. The van der Waals surface area contributed by atoms with Crippen LogP contribution in [0, 0.1) is 0 Å². The summed E-state index contributed by atoms with van der Waals surface area (Å²) in [6, 6.07) is 0. The maximum Gasteiger partial charge on any atom is 0.460 e. The van der Waals surface area contributed by atoms with Gasteiger partial charge in [-0.3, -0.25) is 9.69 Å². The highest BCUT2D eigenvalue weighted by Crippen LogP contribution is 2.47. The van der Waals surface area contributed by atoms with Crippen LogP contribution < -0.4 is 0 Å². The fourth-order valence-corrected chi connectivity index (χ4v) is 1.83. The minimum absolute atomic E-state index is 0.0000305. The average Bonchev–Trinajstić information content (AvgIpc) is 2.37. The fraction of sp³-hybridized carbons (Fsp3) is 0.900. The molecule has 0 spiro atoms. The highest BCUT2D eigenvalue weighted by molar-refractivity contribution is 5.85. The van der Waals surface area contributed by atoms with Crippen molar-refractivity contribution in [3.8, 4) is 0 Å². The molecular formula is C10H13F7N2O2. The molecule has 21 heavy (non-hydrogen) atoms. The Hall–Kier alpha value is -1.10. The van der Waals surface area contributed by atoms with Crippen molar-refractivity contribution in [1.82, 2.24) is 9.80 Å². The number of piperazine rings is 1. The van der Waals surface area contributed by atoms with Crippen LogP contribution in [0.25, 0.3) is 0 Å². The number of nitrogens with zero attached hydrogens (tertiary/aromatic N) is 2. The lowest BCUT2D eigenvalue weighted by molar-refractivity contribution is -0.346. The fourth-order valence-electron chi connectivity index (χ4n) is 1.83. The summed E-state index contributed by atoms with van der Waals surface area (Å²) >= 11 is 0. The molecule has 1 fully saturated rings. The Kier molecular flexibility index (Phi) is 5.09. The monoisotopic (exact) mass is 326 g/mol. The van der Waals surface area contributed by atoms with Gasteiger partial charge in [0.25, 0.3) is 5.91 Å². The molecule has 0 bridgehead atoms. The van der Waals surface area contributed by atoms with Crippen molar-refractivity contribution in [3.63, 3.8) is 0 Å². The SMILES string of the molecule is O=C(N1CCN(CCO)CC1)C(F)(F)C(F)(F)C(F)(F)F. The lowest BCUT2D eigenvalue weighted by Gasteiger charge is -2.37. The molecule has 0 radical (unpaired) electrons. The Morgan fingerprint density at radius 3 is 1.81 bits per heavy atom. The second-order valence-electron chi connectivity index (χ2n) is 4.50. The van der Waals surface area contributed by atoms with Gasteiger partial charge >= 0.3 is 18.0 Å². The molecule has 4 nitrogen and oxygen atoms in total. The van der Waals surface area contributed by atoms with Gasteiger partial charge in [-0.15, -0.1) is 0 Å². The third kappa shape index (κ3) is 3.39. The molecular weight excluding hydrogens is 313 g/mol. The molecule has 0 atom stereocenters. The minimum atomic E-state index is -6.52. The largest absolute Gasteiger partial charge is 0.460 e. The number of rotatable bonds is 4. The van der Waals surface area contributed by atoms with Gasteiger partial charge in [-0.05, 0) is 0 Å². The summed E-state index contributed by atoms with van der Waals surface area (Å²) in [5.74, 6) is -14.8. The predicted octanol–water partition coefficient (Wildman–Crippen LogP) is 0.956. The average molecular weight is 326 g/mol. The van der Waals surface area contributed by atoms with E-state index in [1.54, 1.807) is 4.90 Å². The lowest BCUT2D eigenvalue weighted by Crippen LogP contribution is -2.62. The van der Waals surface area contributed by atoms with Crippen LogP contribution in [0.5, 0.6) is 0 Å². The van der Waals surface area contributed by atoms with E-state index in [0.29, 0.717) is 0 Å². The van der Waals surface area contributed by atoms with Crippen LogP contribution in [0.15, 0.2) is 0 Å². The van der Waals surface area contributed by atoms with Gasteiger partial charge in [0.05, 0.1) is 6.61 Å². The number of β-amino-alcohol motifs (C(OH)–C–C–N with tert-alkyl or cyclic N) is 1.